The quantitative estimate of drug-likeness (QED) is 0.783. The number of anilines is 1. The molecule has 0 amide bonds. The maximum Gasteiger partial charge on any atom is 0.169 e. The Kier molecular flexibility index (Phi) is 6.03. The normalized spacial score (nSPS) is 11.9. The Hall–Kier alpha value is -2.07. The molecule has 112 valence electrons. The van der Waals surface area contributed by atoms with Gasteiger partial charge in [-0.2, -0.15) is 0 Å². The molecular formula is C17H23N3O. The number of hydrogen-bond donors (Lipinski definition) is 2. The molecule has 1 aromatic carbocycles. The number of nitrogens with zero attached hydrogens (tertiary/aromatic N) is 1. The molecule has 2 rings (SSSR count). The molecule has 1 heterocycles. The zero-order valence-electron chi connectivity index (χ0n) is 12.5. The summed E-state index contributed by atoms with van der Waals surface area (Å²) in [6.45, 7) is 3.31. The van der Waals surface area contributed by atoms with Gasteiger partial charge < -0.3 is 15.8 Å². The van der Waals surface area contributed by atoms with Crippen LogP contribution in [0.25, 0.3) is 0 Å². The Balaban J connectivity index is 2.04. The van der Waals surface area contributed by atoms with Crippen molar-refractivity contribution in [1.82, 2.24) is 4.98 Å². The van der Waals surface area contributed by atoms with Gasteiger partial charge in [0.05, 0.1) is 6.61 Å². The van der Waals surface area contributed by atoms with Crippen LogP contribution in [0.3, 0.4) is 0 Å². The van der Waals surface area contributed by atoms with E-state index in [1.165, 1.54) is 5.56 Å². The standard InChI is InChI=1S/C17H23N3O/c1-2-11-21-16-9-6-10-19-17(16)20-15(13-18)12-14-7-4-3-5-8-14/h3-10,15H,2,11-13,18H2,1H3,(H,19,20). The second kappa shape index (κ2) is 8.27. The number of hydrogen-bond acceptors (Lipinski definition) is 4. The van der Waals surface area contributed by atoms with Gasteiger partial charge in [-0.05, 0) is 30.5 Å². The minimum atomic E-state index is 0.131. The van der Waals surface area contributed by atoms with Crippen LogP contribution >= 0.6 is 0 Å². The number of nitrogens with two attached hydrogens (primary N) is 1. The Bertz CT molecular complexity index is 531. The molecule has 0 aliphatic rings. The maximum absolute atomic E-state index is 5.89. The predicted octanol–water partition coefficient (Wildman–Crippen LogP) is 2.85. The van der Waals surface area contributed by atoms with Crippen molar-refractivity contribution in [2.45, 2.75) is 25.8 Å². The van der Waals surface area contributed by atoms with Crippen LogP contribution in [0.4, 0.5) is 5.82 Å². The van der Waals surface area contributed by atoms with E-state index in [0.29, 0.717) is 13.2 Å². The molecule has 0 radical (unpaired) electrons. The molecule has 0 saturated carbocycles. The monoisotopic (exact) mass is 285 g/mol. The third-order valence-electron chi connectivity index (χ3n) is 3.18. The number of nitrogens with one attached hydrogen (secondary N) is 1. The molecule has 0 aliphatic heterocycles. The van der Waals surface area contributed by atoms with Crippen LogP contribution in [0, 0.1) is 0 Å². The summed E-state index contributed by atoms with van der Waals surface area (Å²) >= 11 is 0. The number of benzene rings is 1. The molecule has 2 aromatic rings. The molecule has 4 heteroatoms. The Morgan fingerprint density at radius 2 is 2.00 bits per heavy atom. The first-order valence-corrected chi connectivity index (χ1v) is 7.41. The first kappa shape index (κ1) is 15.3. The molecule has 0 spiro atoms. The summed E-state index contributed by atoms with van der Waals surface area (Å²) in [5.74, 6) is 1.54. The fourth-order valence-electron chi connectivity index (χ4n) is 2.11. The summed E-state index contributed by atoms with van der Waals surface area (Å²) in [4.78, 5) is 4.37. The van der Waals surface area contributed by atoms with Gasteiger partial charge in [0, 0.05) is 18.8 Å². The SMILES string of the molecule is CCCOc1cccnc1NC(CN)Cc1ccccc1. The first-order chi connectivity index (χ1) is 10.3. The minimum absolute atomic E-state index is 0.131. The molecule has 0 saturated heterocycles. The zero-order valence-corrected chi connectivity index (χ0v) is 12.5. The van der Waals surface area contributed by atoms with Crippen LogP contribution in [-0.4, -0.2) is 24.2 Å². The lowest BCUT2D eigenvalue weighted by molar-refractivity contribution is 0.317. The summed E-state index contributed by atoms with van der Waals surface area (Å²) in [6.07, 6.45) is 3.59. The molecule has 0 bridgehead atoms. The highest BCUT2D eigenvalue weighted by Gasteiger charge is 2.11. The van der Waals surface area contributed by atoms with E-state index < -0.39 is 0 Å². The van der Waals surface area contributed by atoms with Crippen LogP contribution < -0.4 is 15.8 Å². The number of rotatable bonds is 8. The summed E-state index contributed by atoms with van der Waals surface area (Å²) in [5, 5.41) is 3.39. The Labute approximate surface area is 126 Å². The second-order valence-corrected chi connectivity index (χ2v) is 4.97. The van der Waals surface area contributed by atoms with Crippen molar-refractivity contribution in [3.8, 4) is 5.75 Å². The Morgan fingerprint density at radius 3 is 2.71 bits per heavy atom. The van der Waals surface area contributed by atoms with E-state index in [9.17, 15) is 0 Å². The smallest absolute Gasteiger partial charge is 0.169 e. The van der Waals surface area contributed by atoms with Gasteiger partial charge in [0.1, 0.15) is 0 Å². The molecule has 3 N–H and O–H groups in total. The van der Waals surface area contributed by atoms with E-state index in [-0.39, 0.29) is 6.04 Å². The van der Waals surface area contributed by atoms with Gasteiger partial charge >= 0.3 is 0 Å². The van der Waals surface area contributed by atoms with Crippen molar-refractivity contribution in [3.63, 3.8) is 0 Å². The van der Waals surface area contributed by atoms with E-state index in [4.69, 9.17) is 10.5 Å². The van der Waals surface area contributed by atoms with Crippen molar-refractivity contribution >= 4 is 5.82 Å². The first-order valence-electron chi connectivity index (χ1n) is 7.41. The number of pyridine rings is 1. The van der Waals surface area contributed by atoms with E-state index in [1.54, 1.807) is 6.20 Å². The fraction of sp³-hybridized carbons (Fsp3) is 0.353. The summed E-state index contributed by atoms with van der Waals surface area (Å²) in [5.41, 5.74) is 7.14. The third-order valence-corrected chi connectivity index (χ3v) is 3.18. The highest BCUT2D eigenvalue weighted by Crippen LogP contribution is 2.22. The molecule has 0 fully saturated rings. The van der Waals surface area contributed by atoms with Gasteiger partial charge in [-0.25, -0.2) is 4.98 Å². The third kappa shape index (κ3) is 4.76. The molecule has 0 aliphatic carbocycles. The molecule has 4 nitrogen and oxygen atoms in total. The van der Waals surface area contributed by atoms with Gasteiger partial charge in [0.25, 0.3) is 0 Å². The van der Waals surface area contributed by atoms with E-state index >= 15 is 0 Å². The van der Waals surface area contributed by atoms with Gasteiger partial charge in [-0.1, -0.05) is 37.3 Å². The van der Waals surface area contributed by atoms with Crippen molar-refractivity contribution in [2.24, 2.45) is 5.73 Å². The lowest BCUT2D eigenvalue weighted by atomic mass is 10.1. The van der Waals surface area contributed by atoms with Gasteiger partial charge in [0.2, 0.25) is 0 Å². The van der Waals surface area contributed by atoms with E-state index in [1.807, 2.05) is 30.3 Å². The lowest BCUT2D eigenvalue weighted by Gasteiger charge is -2.19. The van der Waals surface area contributed by atoms with Crippen LogP contribution in [0.15, 0.2) is 48.7 Å². The average molecular weight is 285 g/mol. The van der Waals surface area contributed by atoms with Crippen LogP contribution in [0.2, 0.25) is 0 Å². The van der Waals surface area contributed by atoms with Gasteiger partial charge in [-0.15, -0.1) is 0 Å². The van der Waals surface area contributed by atoms with Gasteiger partial charge in [-0.3, -0.25) is 0 Å². The fourth-order valence-corrected chi connectivity index (χ4v) is 2.11. The molecule has 21 heavy (non-hydrogen) atoms. The molecular weight excluding hydrogens is 262 g/mol. The van der Waals surface area contributed by atoms with Gasteiger partial charge in [0.15, 0.2) is 11.6 Å². The minimum Gasteiger partial charge on any atom is -0.490 e. The predicted molar refractivity (Wildman–Crippen MR) is 86.6 cm³/mol. The second-order valence-electron chi connectivity index (χ2n) is 4.97. The van der Waals surface area contributed by atoms with Crippen LogP contribution in [0.1, 0.15) is 18.9 Å². The molecule has 1 aromatic heterocycles. The van der Waals surface area contributed by atoms with Crippen molar-refractivity contribution in [2.75, 3.05) is 18.5 Å². The largest absolute Gasteiger partial charge is 0.490 e. The maximum atomic E-state index is 5.89. The van der Waals surface area contributed by atoms with E-state index in [2.05, 4.69) is 29.4 Å². The zero-order chi connectivity index (χ0) is 14.9. The number of ether oxygens (including phenoxy) is 1. The average Bonchev–Trinajstić information content (AvgIpc) is 2.54. The van der Waals surface area contributed by atoms with Crippen molar-refractivity contribution in [3.05, 3.63) is 54.2 Å². The highest BCUT2D eigenvalue weighted by atomic mass is 16.5. The van der Waals surface area contributed by atoms with Crippen LogP contribution in [-0.2, 0) is 6.42 Å². The van der Waals surface area contributed by atoms with Crippen LogP contribution in [0.5, 0.6) is 5.75 Å². The lowest BCUT2D eigenvalue weighted by Crippen LogP contribution is -2.31. The van der Waals surface area contributed by atoms with Crippen molar-refractivity contribution in [1.29, 1.82) is 0 Å². The molecule has 1 unspecified atom stereocenters. The van der Waals surface area contributed by atoms with E-state index in [0.717, 1.165) is 24.4 Å². The molecule has 1 atom stereocenters. The Morgan fingerprint density at radius 1 is 1.19 bits per heavy atom. The highest BCUT2D eigenvalue weighted by molar-refractivity contribution is 5.50. The van der Waals surface area contributed by atoms with Crippen molar-refractivity contribution < 1.29 is 4.74 Å². The summed E-state index contributed by atoms with van der Waals surface area (Å²) in [6, 6.07) is 14.3. The number of aromatic nitrogens is 1. The summed E-state index contributed by atoms with van der Waals surface area (Å²) < 4.78 is 5.72. The summed E-state index contributed by atoms with van der Waals surface area (Å²) in [7, 11) is 0. The topological polar surface area (TPSA) is 60.2 Å².